The molecule has 2 amide bonds. The third kappa shape index (κ3) is 4.05. The van der Waals surface area contributed by atoms with E-state index in [1.165, 1.54) is 4.90 Å². The quantitative estimate of drug-likeness (QED) is 0.723. The number of aliphatic hydroxyl groups excluding tert-OH is 1. The molecule has 0 bridgehead atoms. The number of piperidine rings is 1. The lowest BCUT2D eigenvalue weighted by atomic mass is 9.97. The van der Waals surface area contributed by atoms with Crippen LogP contribution in [0.3, 0.4) is 0 Å². The molecule has 1 unspecified atom stereocenters. The van der Waals surface area contributed by atoms with E-state index >= 15 is 0 Å². The molecule has 0 spiro atoms. The number of hydrogen-bond donors (Lipinski definition) is 1. The lowest BCUT2D eigenvalue weighted by Crippen LogP contribution is -2.40. The average Bonchev–Trinajstić information content (AvgIpc) is 3.04. The number of anilines is 2. The zero-order chi connectivity index (χ0) is 22.1. The number of likely N-dealkylation sites (tertiary alicyclic amines) is 1. The molecular formula is C24H26ClN3O3. The van der Waals surface area contributed by atoms with Crippen molar-refractivity contribution in [2.45, 2.75) is 12.8 Å². The average molecular weight is 440 g/mol. The van der Waals surface area contributed by atoms with Crippen LogP contribution in [-0.2, 0) is 9.59 Å². The summed E-state index contributed by atoms with van der Waals surface area (Å²) in [7, 11) is 3.88. The molecule has 7 heteroatoms. The number of halogens is 1. The predicted molar refractivity (Wildman–Crippen MR) is 123 cm³/mol. The van der Waals surface area contributed by atoms with Gasteiger partial charge in [0.15, 0.2) is 0 Å². The summed E-state index contributed by atoms with van der Waals surface area (Å²) in [5.41, 5.74) is 2.98. The van der Waals surface area contributed by atoms with Crippen LogP contribution in [-0.4, -0.2) is 55.6 Å². The lowest BCUT2D eigenvalue weighted by molar-refractivity contribution is -0.120. The zero-order valence-electron chi connectivity index (χ0n) is 17.7. The van der Waals surface area contributed by atoms with Gasteiger partial charge < -0.3 is 14.9 Å². The number of nitrogens with zero attached hydrogens (tertiary/aromatic N) is 3. The third-order valence-corrected chi connectivity index (χ3v) is 6.16. The lowest BCUT2D eigenvalue weighted by Gasteiger charge is -2.34. The monoisotopic (exact) mass is 439 g/mol. The molecule has 1 saturated heterocycles. The first-order chi connectivity index (χ1) is 14.9. The molecule has 0 aliphatic carbocycles. The normalized spacial score (nSPS) is 19.4. The van der Waals surface area contributed by atoms with E-state index in [1.54, 1.807) is 36.4 Å². The van der Waals surface area contributed by atoms with Crippen LogP contribution in [0, 0.1) is 5.92 Å². The summed E-state index contributed by atoms with van der Waals surface area (Å²) in [6, 6.07) is 14.3. The number of amides is 2. The maximum atomic E-state index is 13.6. The molecule has 2 aromatic carbocycles. The van der Waals surface area contributed by atoms with Crippen LogP contribution < -0.4 is 9.80 Å². The van der Waals surface area contributed by atoms with E-state index in [-0.39, 0.29) is 24.3 Å². The molecule has 2 aliphatic heterocycles. The first-order valence-corrected chi connectivity index (χ1v) is 10.8. The van der Waals surface area contributed by atoms with Crippen LogP contribution in [0.15, 0.2) is 54.2 Å². The van der Waals surface area contributed by atoms with Gasteiger partial charge in [0.2, 0.25) is 0 Å². The van der Waals surface area contributed by atoms with Crippen molar-refractivity contribution in [3.8, 4) is 0 Å². The molecule has 0 radical (unpaired) electrons. The third-order valence-electron chi connectivity index (χ3n) is 5.91. The summed E-state index contributed by atoms with van der Waals surface area (Å²) in [6.45, 7) is 1.29. The van der Waals surface area contributed by atoms with Crippen molar-refractivity contribution in [1.82, 2.24) is 4.90 Å². The van der Waals surface area contributed by atoms with E-state index in [2.05, 4.69) is 0 Å². The van der Waals surface area contributed by atoms with Crippen molar-refractivity contribution in [3.63, 3.8) is 0 Å². The number of rotatable bonds is 5. The van der Waals surface area contributed by atoms with Crippen LogP contribution in [0.2, 0.25) is 5.02 Å². The van der Waals surface area contributed by atoms with Crippen molar-refractivity contribution >= 4 is 40.4 Å². The first-order valence-electron chi connectivity index (χ1n) is 10.4. The number of imide groups is 1. The summed E-state index contributed by atoms with van der Waals surface area (Å²) >= 11 is 6.05. The Morgan fingerprint density at radius 2 is 1.71 bits per heavy atom. The van der Waals surface area contributed by atoms with Gasteiger partial charge >= 0.3 is 0 Å². The highest BCUT2D eigenvalue weighted by atomic mass is 35.5. The molecule has 162 valence electrons. The Kier molecular flexibility index (Phi) is 6.03. The van der Waals surface area contributed by atoms with Crippen LogP contribution in [0.4, 0.5) is 11.4 Å². The van der Waals surface area contributed by atoms with E-state index in [4.69, 9.17) is 11.6 Å². The second-order valence-electron chi connectivity index (χ2n) is 8.22. The predicted octanol–water partition coefficient (Wildman–Crippen LogP) is 3.39. The second-order valence-corrected chi connectivity index (χ2v) is 8.66. The van der Waals surface area contributed by atoms with E-state index in [1.807, 2.05) is 36.0 Å². The van der Waals surface area contributed by atoms with Gasteiger partial charge in [-0.2, -0.15) is 0 Å². The highest BCUT2D eigenvalue weighted by molar-refractivity contribution is 6.45. The smallest absolute Gasteiger partial charge is 0.282 e. The summed E-state index contributed by atoms with van der Waals surface area (Å²) in [5, 5.41) is 10.2. The topological polar surface area (TPSA) is 64.1 Å². The summed E-state index contributed by atoms with van der Waals surface area (Å²) in [5.74, 6) is -0.582. The van der Waals surface area contributed by atoms with Crippen LogP contribution in [0.1, 0.15) is 18.4 Å². The zero-order valence-corrected chi connectivity index (χ0v) is 18.5. The highest BCUT2D eigenvalue weighted by Crippen LogP contribution is 2.37. The van der Waals surface area contributed by atoms with Crippen molar-refractivity contribution in [1.29, 1.82) is 0 Å². The SMILES string of the molecule is CN(C)c1ccc(N2C(=O)C(c3ccc(Cl)cc3)=C(N3CCCC(CO)C3)C2=O)cc1. The molecule has 6 nitrogen and oxygen atoms in total. The first kappa shape index (κ1) is 21.4. The minimum Gasteiger partial charge on any atom is -0.396 e. The summed E-state index contributed by atoms with van der Waals surface area (Å²) in [6.07, 6.45) is 1.77. The second kappa shape index (κ2) is 8.73. The van der Waals surface area contributed by atoms with E-state index in [0.717, 1.165) is 18.5 Å². The largest absolute Gasteiger partial charge is 0.396 e. The molecule has 1 fully saturated rings. The van der Waals surface area contributed by atoms with Crippen LogP contribution >= 0.6 is 11.6 Å². The van der Waals surface area contributed by atoms with E-state index < -0.39 is 0 Å². The van der Waals surface area contributed by atoms with Crippen molar-refractivity contribution in [2.75, 3.05) is 43.6 Å². The molecule has 2 heterocycles. The fourth-order valence-corrected chi connectivity index (χ4v) is 4.37. The van der Waals surface area contributed by atoms with Crippen molar-refractivity contribution < 1.29 is 14.7 Å². The standard InChI is InChI=1S/C24H26ClN3O3/c1-26(2)19-9-11-20(12-10-19)28-23(30)21(17-5-7-18(25)8-6-17)22(24(28)31)27-13-3-4-16(14-27)15-29/h5-12,16,29H,3-4,13-15H2,1-2H3. The number of aliphatic hydroxyl groups is 1. The molecule has 4 rings (SSSR count). The van der Waals surface area contributed by atoms with Crippen LogP contribution in [0.25, 0.3) is 5.57 Å². The molecule has 1 N–H and O–H groups in total. The summed E-state index contributed by atoms with van der Waals surface area (Å²) in [4.78, 5) is 32.3. The number of hydrogen-bond acceptors (Lipinski definition) is 5. The Morgan fingerprint density at radius 1 is 1.03 bits per heavy atom. The van der Waals surface area contributed by atoms with Gasteiger partial charge in [0, 0.05) is 44.5 Å². The number of carbonyl (C=O) groups excluding carboxylic acids is 2. The Morgan fingerprint density at radius 3 is 2.32 bits per heavy atom. The van der Waals surface area contributed by atoms with Gasteiger partial charge in [-0.1, -0.05) is 23.7 Å². The highest BCUT2D eigenvalue weighted by Gasteiger charge is 2.43. The number of benzene rings is 2. The Hall–Kier alpha value is -2.83. The van der Waals surface area contributed by atoms with Gasteiger partial charge in [-0.3, -0.25) is 9.59 Å². The van der Waals surface area contributed by atoms with Gasteiger partial charge in [0.25, 0.3) is 11.8 Å². The Bertz CT molecular complexity index is 1020. The van der Waals surface area contributed by atoms with E-state index in [9.17, 15) is 14.7 Å². The molecule has 0 saturated carbocycles. The fraction of sp³-hybridized carbons (Fsp3) is 0.333. The van der Waals surface area contributed by atoms with Gasteiger partial charge in [-0.15, -0.1) is 0 Å². The van der Waals surface area contributed by atoms with Crippen molar-refractivity contribution in [3.05, 3.63) is 64.8 Å². The number of carbonyl (C=O) groups is 2. The van der Waals surface area contributed by atoms with Gasteiger partial charge in [-0.25, -0.2) is 4.90 Å². The minimum atomic E-state index is -0.342. The maximum absolute atomic E-state index is 13.6. The molecule has 1 atom stereocenters. The Balaban J connectivity index is 1.77. The van der Waals surface area contributed by atoms with Gasteiger partial charge in [0.05, 0.1) is 11.3 Å². The van der Waals surface area contributed by atoms with E-state index in [0.29, 0.717) is 40.6 Å². The molecule has 2 aliphatic rings. The van der Waals surface area contributed by atoms with Gasteiger partial charge in [-0.05, 0) is 60.7 Å². The molecule has 0 aromatic heterocycles. The minimum absolute atomic E-state index is 0.0674. The summed E-state index contributed by atoms with van der Waals surface area (Å²) < 4.78 is 0. The van der Waals surface area contributed by atoms with Gasteiger partial charge in [0.1, 0.15) is 5.70 Å². The fourth-order valence-electron chi connectivity index (χ4n) is 4.24. The molecular weight excluding hydrogens is 414 g/mol. The van der Waals surface area contributed by atoms with Crippen molar-refractivity contribution in [2.24, 2.45) is 5.92 Å². The molecule has 2 aromatic rings. The van der Waals surface area contributed by atoms with Crippen LogP contribution in [0.5, 0.6) is 0 Å². The maximum Gasteiger partial charge on any atom is 0.282 e. The molecule has 31 heavy (non-hydrogen) atoms. The Labute approximate surface area is 187 Å².